The summed E-state index contributed by atoms with van der Waals surface area (Å²) in [5.41, 5.74) is 8.08. The fraction of sp³-hybridized carbons (Fsp3) is 0.100. The number of aromatic nitrogens is 2. The lowest BCUT2D eigenvalue weighted by atomic mass is 10.3. The molecule has 2 rings (SSSR count). The first-order valence-electron chi connectivity index (χ1n) is 4.48. The molecule has 5 nitrogen and oxygen atoms in total. The van der Waals surface area contributed by atoms with Crippen molar-refractivity contribution >= 4 is 5.69 Å². The summed E-state index contributed by atoms with van der Waals surface area (Å²) in [5.74, 6) is 0. The highest BCUT2D eigenvalue weighted by Gasteiger charge is 2.10. The molecule has 0 radical (unpaired) electrons. The van der Waals surface area contributed by atoms with Crippen molar-refractivity contribution in [2.24, 2.45) is 5.11 Å². The van der Waals surface area contributed by atoms with E-state index in [1.807, 2.05) is 30.3 Å². The van der Waals surface area contributed by atoms with Crippen molar-refractivity contribution in [3.63, 3.8) is 0 Å². The van der Waals surface area contributed by atoms with Crippen molar-refractivity contribution < 1.29 is 0 Å². The van der Waals surface area contributed by atoms with Gasteiger partial charge in [0.2, 0.25) is 0 Å². The van der Waals surface area contributed by atoms with E-state index in [9.17, 15) is 4.79 Å². The van der Waals surface area contributed by atoms with Gasteiger partial charge in [-0.05, 0) is 19.1 Å². The Kier molecular flexibility index (Phi) is 2.21. The summed E-state index contributed by atoms with van der Waals surface area (Å²) in [6, 6.07) is 9.18. The van der Waals surface area contributed by atoms with Crippen LogP contribution >= 0.6 is 0 Å². The topological polar surface area (TPSA) is 74.0 Å². The van der Waals surface area contributed by atoms with E-state index in [0.717, 1.165) is 5.69 Å². The van der Waals surface area contributed by atoms with Crippen LogP contribution in [0.1, 0.15) is 5.69 Å². The van der Waals surface area contributed by atoms with Gasteiger partial charge in [-0.2, -0.15) is 5.11 Å². The maximum atomic E-state index is 11.7. The Bertz CT molecular complexity index is 538. The number of nitrogens with one attached hydrogen (secondary N) is 2. The zero-order valence-corrected chi connectivity index (χ0v) is 8.19. The number of aryl methyl sites for hydroxylation is 1. The Hall–Kier alpha value is -2.17. The van der Waals surface area contributed by atoms with Gasteiger partial charge >= 0.3 is 0 Å². The highest BCUT2D eigenvalue weighted by molar-refractivity contribution is 5.42. The largest absolute Gasteiger partial charge is 0.299 e. The van der Waals surface area contributed by atoms with E-state index in [2.05, 4.69) is 10.2 Å². The molecule has 0 spiro atoms. The van der Waals surface area contributed by atoms with Gasteiger partial charge in [0.15, 0.2) is 5.69 Å². The minimum absolute atomic E-state index is 0.152. The average Bonchev–Trinajstić information content (AvgIpc) is 2.55. The van der Waals surface area contributed by atoms with Gasteiger partial charge < -0.3 is 0 Å². The van der Waals surface area contributed by atoms with Crippen LogP contribution in [-0.2, 0) is 0 Å². The molecule has 2 N–H and O–H groups in total. The quantitative estimate of drug-likeness (QED) is 0.719. The zero-order chi connectivity index (χ0) is 10.8. The van der Waals surface area contributed by atoms with E-state index < -0.39 is 0 Å². The Morgan fingerprint density at radius 2 is 2.00 bits per heavy atom. The first-order valence-corrected chi connectivity index (χ1v) is 4.48. The third kappa shape index (κ3) is 1.48. The number of H-pyrrole nitrogens is 1. The van der Waals surface area contributed by atoms with Crippen LogP contribution in [0.3, 0.4) is 0 Å². The second kappa shape index (κ2) is 3.53. The first-order chi connectivity index (χ1) is 7.24. The predicted molar refractivity (Wildman–Crippen MR) is 55.9 cm³/mol. The molecule has 0 saturated heterocycles. The minimum Gasteiger partial charge on any atom is -0.293 e. The number of nitrogens with zero attached hydrogens (tertiary/aromatic N) is 2. The summed E-state index contributed by atoms with van der Waals surface area (Å²) in [6.07, 6.45) is 0. The van der Waals surface area contributed by atoms with Crippen LogP contribution in [0, 0.1) is 12.5 Å². The second-order valence-corrected chi connectivity index (χ2v) is 3.17. The van der Waals surface area contributed by atoms with Crippen LogP contribution < -0.4 is 5.56 Å². The number of para-hydroxylation sites is 1. The summed E-state index contributed by atoms with van der Waals surface area (Å²) >= 11 is 0. The average molecular weight is 202 g/mol. The third-order valence-electron chi connectivity index (χ3n) is 2.17. The molecule has 0 atom stereocenters. The molecule has 76 valence electrons. The van der Waals surface area contributed by atoms with Gasteiger partial charge in [-0.15, -0.1) is 0 Å². The molecule has 0 amide bonds. The molecule has 15 heavy (non-hydrogen) atoms. The summed E-state index contributed by atoms with van der Waals surface area (Å²) in [4.78, 5) is 11.7. The van der Waals surface area contributed by atoms with Gasteiger partial charge in [-0.3, -0.25) is 9.89 Å². The fourth-order valence-corrected chi connectivity index (χ4v) is 1.43. The summed E-state index contributed by atoms with van der Waals surface area (Å²) in [7, 11) is 0. The van der Waals surface area contributed by atoms with Gasteiger partial charge in [-0.1, -0.05) is 18.2 Å². The van der Waals surface area contributed by atoms with E-state index in [0.29, 0.717) is 5.69 Å². The molecule has 0 aliphatic carbocycles. The van der Waals surface area contributed by atoms with Crippen molar-refractivity contribution in [1.29, 1.82) is 5.53 Å². The van der Waals surface area contributed by atoms with Gasteiger partial charge in [0, 0.05) is 0 Å². The Labute approximate surface area is 85.9 Å². The lowest BCUT2D eigenvalue weighted by Crippen LogP contribution is -2.13. The van der Waals surface area contributed by atoms with Crippen molar-refractivity contribution in [1.82, 2.24) is 9.78 Å². The van der Waals surface area contributed by atoms with Crippen LogP contribution in [0.25, 0.3) is 5.69 Å². The molecular formula is C10H10N4O. The Morgan fingerprint density at radius 3 is 2.53 bits per heavy atom. The van der Waals surface area contributed by atoms with Gasteiger partial charge in [-0.25, -0.2) is 10.2 Å². The molecule has 1 heterocycles. The lowest BCUT2D eigenvalue weighted by molar-refractivity contribution is 0.835. The van der Waals surface area contributed by atoms with Crippen LogP contribution in [-0.4, -0.2) is 9.78 Å². The van der Waals surface area contributed by atoms with E-state index >= 15 is 0 Å². The van der Waals surface area contributed by atoms with Crippen molar-refractivity contribution in [2.45, 2.75) is 6.92 Å². The molecule has 0 aliphatic heterocycles. The van der Waals surface area contributed by atoms with E-state index in [4.69, 9.17) is 5.53 Å². The predicted octanol–water partition coefficient (Wildman–Crippen LogP) is 2.14. The normalized spacial score (nSPS) is 10.2. The Balaban J connectivity index is 2.66. The smallest absolute Gasteiger partial charge is 0.293 e. The van der Waals surface area contributed by atoms with Crippen LogP contribution in [0.2, 0.25) is 0 Å². The van der Waals surface area contributed by atoms with E-state index in [1.54, 1.807) is 6.92 Å². The molecule has 0 unspecified atom stereocenters. The van der Waals surface area contributed by atoms with Crippen molar-refractivity contribution in [2.75, 3.05) is 0 Å². The van der Waals surface area contributed by atoms with Crippen molar-refractivity contribution in [3.8, 4) is 5.69 Å². The Morgan fingerprint density at radius 1 is 1.33 bits per heavy atom. The molecule has 2 aromatic rings. The maximum absolute atomic E-state index is 11.7. The number of benzene rings is 1. The van der Waals surface area contributed by atoms with Gasteiger partial charge in [0.1, 0.15) is 0 Å². The first kappa shape index (κ1) is 9.39. The lowest BCUT2D eigenvalue weighted by Gasteiger charge is -1.99. The SMILES string of the molecule is Cc1[nH]n(-c2ccccc2)c(=O)c1N=N. The molecule has 0 fully saturated rings. The highest BCUT2D eigenvalue weighted by Crippen LogP contribution is 2.12. The standard InChI is InChI=1S/C10H10N4O/c1-7-9(12-11)10(15)14(13-7)8-5-3-2-4-6-8/h2-6,11,13H,1H3. The number of aromatic amines is 1. The van der Waals surface area contributed by atoms with Gasteiger partial charge in [0.05, 0.1) is 11.4 Å². The monoisotopic (exact) mass is 202 g/mol. The maximum Gasteiger partial charge on any atom is 0.299 e. The van der Waals surface area contributed by atoms with E-state index in [-0.39, 0.29) is 11.2 Å². The zero-order valence-electron chi connectivity index (χ0n) is 8.19. The number of hydrogen-bond donors (Lipinski definition) is 2. The molecule has 5 heteroatoms. The molecule has 0 aliphatic rings. The molecule has 1 aromatic heterocycles. The van der Waals surface area contributed by atoms with Crippen molar-refractivity contribution in [3.05, 3.63) is 46.4 Å². The summed E-state index contributed by atoms with van der Waals surface area (Å²) in [5, 5.41) is 6.07. The fourth-order valence-electron chi connectivity index (χ4n) is 1.43. The number of rotatable bonds is 2. The molecule has 0 bridgehead atoms. The minimum atomic E-state index is -0.297. The molecular weight excluding hydrogens is 192 g/mol. The van der Waals surface area contributed by atoms with Crippen LogP contribution in [0.5, 0.6) is 0 Å². The molecule has 0 saturated carbocycles. The van der Waals surface area contributed by atoms with Crippen LogP contribution in [0.4, 0.5) is 5.69 Å². The summed E-state index contributed by atoms with van der Waals surface area (Å²) in [6.45, 7) is 1.72. The van der Waals surface area contributed by atoms with Gasteiger partial charge in [0.25, 0.3) is 5.56 Å². The number of hydrogen-bond acceptors (Lipinski definition) is 3. The summed E-state index contributed by atoms with van der Waals surface area (Å²) < 4.78 is 1.38. The molecule has 1 aromatic carbocycles. The third-order valence-corrected chi connectivity index (χ3v) is 2.17. The second-order valence-electron chi connectivity index (χ2n) is 3.17. The van der Waals surface area contributed by atoms with Crippen LogP contribution in [0.15, 0.2) is 40.2 Å². The van der Waals surface area contributed by atoms with E-state index in [1.165, 1.54) is 4.68 Å². The highest BCUT2D eigenvalue weighted by atomic mass is 16.1.